The van der Waals surface area contributed by atoms with Gasteiger partial charge in [-0.3, -0.25) is 0 Å². The van der Waals surface area contributed by atoms with Gasteiger partial charge in [0.15, 0.2) is 17.5 Å². The van der Waals surface area contributed by atoms with Gasteiger partial charge >= 0.3 is 12.4 Å². The Balaban J connectivity index is 1.41. The molecular weight excluding hydrogens is 674 g/mol. The fourth-order valence-electron chi connectivity index (χ4n) is 6.47. The summed E-state index contributed by atoms with van der Waals surface area (Å²) in [4.78, 5) is 14.6. The fourth-order valence-corrected chi connectivity index (χ4v) is 6.47. The third-order valence-electron chi connectivity index (χ3n) is 8.97. The van der Waals surface area contributed by atoms with E-state index < -0.39 is 23.5 Å². The molecule has 10 heteroatoms. The second kappa shape index (κ2) is 12.5. The number of aryl methyl sites for hydroxylation is 1. The topological polar surface area (TPSA) is 43.6 Å². The van der Waals surface area contributed by atoms with Gasteiger partial charge in [0, 0.05) is 33.2 Å². The van der Waals surface area contributed by atoms with Crippen LogP contribution in [0.5, 0.6) is 0 Å². The van der Waals surface area contributed by atoms with E-state index >= 15 is 0 Å². The van der Waals surface area contributed by atoms with Gasteiger partial charge in [-0.25, -0.2) is 15.0 Å². The third-order valence-corrected chi connectivity index (χ3v) is 8.97. The lowest BCUT2D eigenvalue weighted by atomic mass is 9.97. The molecule has 6 aromatic carbocycles. The van der Waals surface area contributed by atoms with Crippen LogP contribution in [0.25, 0.3) is 72.8 Å². The summed E-state index contributed by atoms with van der Waals surface area (Å²) >= 11 is 0. The number of fused-ring (bicyclic) bond motifs is 3. The molecule has 52 heavy (non-hydrogen) atoms. The van der Waals surface area contributed by atoms with Crippen LogP contribution >= 0.6 is 0 Å². The van der Waals surface area contributed by atoms with Crippen molar-refractivity contribution in [2.75, 3.05) is 0 Å². The van der Waals surface area contributed by atoms with Crippen molar-refractivity contribution in [1.82, 2.24) is 19.5 Å². The summed E-state index contributed by atoms with van der Waals surface area (Å²) in [5.41, 5.74) is 4.16. The first-order valence-electron chi connectivity index (χ1n) is 16.3. The molecule has 0 fully saturated rings. The van der Waals surface area contributed by atoms with E-state index in [2.05, 4.69) is 0 Å². The Morgan fingerprint density at radius 2 is 0.962 bits per heavy atom. The maximum absolute atomic E-state index is 13.9. The number of aromatic nitrogens is 4. The summed E-state index contributed by atoms with van der Waals surface area (Å²) in [5, 5.41) is 1.08. The van der Waals surface area contributed by atoms with Crippen LogP contribution in [0, 0.1) is 6.92 Å². The van der Waals surface area contributed by atoms with Gasteiger partial charge in [0.1, 0.15) is 0 Å². The zero-order valence-corrected chi connectivity index (χ0v) is 27.3. The SMILES string of the molecule is Cc1ccc2c(c1)c1cc(C(F)(F)F)ccc1n2-c1ccc(-c2ccc(C(F)(F)F)cc2)c(-c2nc(-c3ccccc3)nc(-c3ccccc3)n2)c1. The van der Waals surface area contributed by atoms with Crippen molar-refractivity contribution in [3.8, 4) is 51.0 Å². The van der Waals surface area contributed by atoms with Crippen LogP contribution < -0.4 is 0 Å². The van der Waals surface area contributed by atoms with Crippen molar-refractivity contribution in [3.63, 3.8) is 0 Å². The van der Waals surface area contributed by atoms with Gasteiger partial charge in [0.2, 0.25) is 0 Å². The predicted octanol–water partition coefficient (Wildman–Crippen LogP) is 12.0. The van der Waals surface area contributed by atoms with Crippen molar-refractivity contribution in [2.45, 2.75) is 19.3 Å². The van der Waals surface area contributed by atoms with Gasteiger partial charge in [0.05, 0.1) is 22.2 Å². The summed E-state index contributed by atoms with van der Waals surface area (Å²) in [7, 11) is 0. The Kier molecular flexibility index (Phi) is 7.90. The molecule has 0 N–H and O–H groups in total. The molecule has 8 rings (SSSR count). The van der Waals surface area contributed by atoms with E-state index in [1.807, 2.05) is 96.4 Å². The number of rotatable bonds is 5. The number of hydrogen-bond donors (Lipinski definition) is 0. The van der Waals surface area contributed by atoms with Crippen molar-refractivity contribution >= 4 is 21.8 Å². The van der Waals surface area contributed by atoms with Crippen LogP contribution in [0.3, 0.4) is 0 Å². The normalized spacial score (nSPS) is 12.1. The highest BCUT2D eigenvalue weighted by Gasteiger charge is 2.32. The average molecular weight is 701 g/mol. The molecule has 0 amide bonds. The summed E-state index contributed by atoms with van der Waals surface area (Å²) in [6, 6.07) is 38.2. The van der Waals surface area contributed by atoms with E-state index in [9.17, 15) is 26.3 Å². The first-order valence-corrected chi connectivity index (χ1v) is 16.3. The molecule has 0 bridgehead atoms. The molecule has 0 saturated heterocycles. The molecule has 2 heterocycles. The molecule has 0 unspecified atom stereocenters. The lowest BCUT2D eigenvalue weighted by molar-refractivity contribution is -0.138. The standard InChI is InChI=1S/C42H26F6N4/c1-25-12-20-36-33(22-25)34-23-30(42(46,47)48)17-21-37(34)52(36)31-18-19-32(26-13-15-29(16-14-26)41(43,44)45)35(24-31)40-50-38(27-8-4-2-5-9-27)49-39(51-40)28-10-6-3-7-11-28/h2-24H,1H3. The van der Waals surface area contributed by atoms with Crippen LogP contribution in [-0.2, 0) is 12.4 Å². The minimum absolute atomic E-state index is 0.264. The summed E-state index contributed by atoms with van der Waals surface area (Å²) in [6.45, 7) is 1.88. The molecular formula is C42H26F6N4. The zero-order valence-electron chi connectivity index (χ0n) is 27.3. The van der Waals surface area contributed by atoms with Gasteiger partial charge in [-0.2, -0.15) is 26.3 Å². The van der Waals surface area contributed by atoms with Crippen LogP contribution in [0.2, 0.25) is 0 Å². The van der Waals surface area contributed by atoms with Gasteiger partial charge < -0.3 is 4.57 Å². The van der Waals surface area contributed by atoms with Crippen LogP contribution in [0.4, 0.5) is 26.3 Å². The first-order chi connectivity index (χ1) is 24.9. The minimum atomic E-state index is -4.53. The van der Waals surface area contributed by atoms with Crippen LogP contribution in [-0.4, -0.2) is 19.5 Å². The molecule has 0 aliphatic carbocycles. The lowest BCUT2D eigenvalue weighted by Crippen LogP contribution is -2.05. The minimum Gasteiger partial charge on any atom is -0.309 e. The second-order valence-electron chi connectivity index (χ2n) is 12.4. The number of hydrogen-bond acceptors (Lipinski definition) is 3. The molecule has 0 saturated carbocycles. The first kappa shape index (κ1) is 32.9. The largest absolute Gasteiger partial charge is 0.416 e. The Bertz CT molecular complexity index is 2530. The molecule has 0 aliphatic rings. The van der Waals surface area contributed by atoms with E-state index in [0.717, 1.165) is 41.0 Å². The molecule has 4 nitrogen and oxygen atoms in total. The van der Waals surface area contributed by atoms with E-state index in [1.54, 1.807) is 12.1 Å². The average Bonchev–Trinajstić information content (AvgIpc) is 3.47. The summed E-state index contributed by atoms with van der Waals surface area (Å²) in [6.07, 6.45) is -9.05. The maximum atomic E-state index is 13.9. The molecule has 2 aromatic heterocycles. The molecule has 8 aromatic rings. The predicted molar refractivity (Wildman–Crippen MR) is 191 cm³/mol. The van der Waals surface area contributed by atoms with Gasteiger partial charge in [-0.15, -0.1) is 0 Å². The number of halogens is 6. The molecule has 0 aliphatic heterocycles. The number of alkyl halides is 6. The van der Waals surface area contributed by atoms with Crippen LogP contribution in [0.15, 0.2) is 140 Å². The number of benzene rings is 6. The van der Waals surface area contributed by atoms with Gasteiger partial charge in [0.25, 0.3) is 0 Å². The van der Waals surface area contributed by atoms with E-state index in [1.165, 1.54) is 18.2 Å². The molecule has 0 radical (unpaired) electrons. The van der Waals surface area contributed by atoms with Crippen LogP contribution in [0.1, 0.15) is 16.7 Å². The highest BCUT2D eigenvalue weighted by atomic mass is 19.4. The van der Waals surface area contributed by atoms with Crippen molar-refractivity contribution in [1.29, 1.82) is 0 Å². The Labute approximate surface area is 293 Å². The monoisotopic (exact) mass is 700 g/mol. The van der Waals surface area contributed by atoms with Gasteiger partial charge in [-0.1, -0.05) is 90.5 Å². The summed E-state index contributed by atoms with van der Waals surface area (Å²) < 4.78 is 84.2. The Hall–Kier alpha value is -6.29. The third kappa shape index (κ3) is 6.06. The maximum Gasteiger partial charge on any atom is 0.416 e. The Morgan fingerprint density at radius 3 is 1.54 bits per heavy atom. The fraction of sp³-hybridized carbons (Fsp3) is 0.0714. The molecule has 0 spiro atoms. The van der Waals surface area contributed by atoms with Gasteiger partial charge in [-0.05, 0) is 72.6 Å². The molecule has 256 valence electrons. The number of nitrogens with zero attached hydrogens (tertiary/aromatic N) is 4. The lowest BCUT2D eigenvalue weighted by Gasteiger charge is -2.16. The smallest absolute Gasteiger partial charge is 0.309 e. The van der Waals surface area contributed by atoms with E-state index in [-0.39, 0.29) is 5.82 Å². The van der Waals surface area contributed by atoms with Crippen molar-refractivity contribution in [2.24, 2.45) is 0 Å². The quantitative estimate of drug-likeness (QED) is 0.168. The highest BCUT2D eigenvalue weighted by molar-refractivity contribution is 6.10. The zero-order chi connectivity index (χ0) is 36.2. The second-order valence-corrected chi connectivity index (χ2v) is 12.4. The van der Waals surface area contributed by atoms with E-state index in [0.29, 0.717) is 55.8 Å². The Morgan fingerprint density at radius 1 is 0.442 bits per heavy atom. The van der Waals surface area contributed by atoms with Crippen molar-refractivity contribution in [3.05, 3.63) is 156 Å². The molecule has 0 atom stereocenters. The highest BCUT2D eigenvalue weighted by Crippen LogP contribution is 2.40. The van der Waals surface area contributed by atoms with E-state index in [4.69, 9.17) is 15.0 Å². The summed E-state index contributed by atoms with van der Waals surface area (Å²) in [5.74, 6) is 1.04. The van der Waals surface area contributed by atoms with Crippen molar-refractivity contribution < 1.29 is 26.3 Å².